The fraction of sp³-hybridized carbons (Fsp3) is 0.211. The number of thioether (sulfide) groups is 1. The first kappa shape index (κ1) is 21.2. The van der Waals surface area contributed by atoms with Gasteiger partial charge in [-0.3, -0.25) is 10.1 Å². The van der Waals surface area contributed by atoms with E-state index in [1.165, 1.54) is 30.0 Å². The largest absolute Gasteiger partial charge is 0.484 e. The van der Waals surface area contributed by atoms with Crippen molar-refractivity contribution in [3.05, 3.63) is 54.2 Å². The number of nitrogens with one attached hydrogen (secondary N) is 1. The Bertz CT molecular complexity index is 1220. The summed E-state index contributed by atoms with van der Waals surface area (Å²) in [6.07, 6.45) is -0.876. The molecule has 0 aliphatic heterocycles. The number of imidazole rings is 1. The summed E-state index contributed by atoms with van der Waals surface area (Å²) >= 11 is 2.60. The highest BCUT2D eigenvalue weighted by molar-refractivity contribution is 7.98. The minimum atomic E-state index is -4.42. The van der Waals surface area contributed by atoms with Crippen LogP contribution in [0, 0.1) is 0 Å². The lowest BCUT2D eigenvalue weighted by Crippen LogP contribution is -2.19. The van der Waals surface area contributed by atoms with E-state index in [9.17, 15) is 18.0 Å². The molecule has 0 saturated carbocycles. The Kier molecular flexibility index (Phi) is 5.92. The first-order chi connectivity index (χ1) is 14.8. The number of fused-ring (bicyclic) bond motifs is 1. The second-order valence-corrected chi connectivity index (χ2v) is 8.36. The average molecular weight is 468 g/mol. The smallest absolute Gasteiger partial charge is 0.422 e. The zero-order valence-electron chi connectivity index (χ0n) is 16.0. The number of amides is 1. The highest BCUT2D eigenvalue weighted by Crippen LogP contribution is 2.30. The van der Waals surface area contributed by atoms with Crippen LogP contribution in [0.3, 0.4) is 0 Å². The molecule has 3 aromatic heterocycles. The van der Waals surface area contributed by atoms with Gasteiger partial charge in [-0.15, -0.1) is 0 Å². The number of nitrogens with zero attached hydrogens (tertiary/aromatic N) is 3. The summed E-state index contributed by atoms with van der Waals surface area (Å²) in [5.41, 5.74) is 0.534. The number of rotatable bonds is 7. The molecule has 0 aliphatic rings. The van der Waals surface area contributed by atoms with Crippen LogP contribution in [0.5, 0.6) is 5.75 Å². The minimum absolute atomic E-state index is 0.0761. The van der Waals surface area contributed by atoms with Gasteiger partial charge in [-0.1, -0.05) is 23.1 Å². The van der Waals surface area contributed by atoms with Gasteiger partial charge >= 0.3 is 6.18 Å². The Hall–Kier alpha value is -2.99. The van der Waals surface area contributed by atoms with Crippen molar-refractivity contribution in [2.24, 2.45) is 7.05 Å². The molecule has 0 unspecified atom stereocenters. The number of aromatic nitrogens is 3. The monoisotopic (exact) mass is 468 g/mol. The fourth-order valence-corrected chi connectivity index (χ4v) is 4.29. The fourth-order valence-electron chi connectivity index (χ4n) is 2.58. The van der Waals surface area contributed by atoms with Crippen molar-refractivity contribution in [2.45, 2.75) is 17.1 Å². The molecule has 0 saturated heterocycles. The van der Waals surface area contributed by atoms with Crippen molar-refractivity contribution in [1.29, 1.82) is 0 Å². The molecule has 3 heterocycles. The van der Waals surface area contributed by atoms with E-state index in [1.807, 2.05) is 17.8 Å². The molecule has 12 heteroatoms. The second-order valence-electron chi connectivity index (χ2n) is 6.38. The summed E-state index contributed by atoms with van der Waals surface area (Å²) in [4.78, 5) is 20.9. The Morgan fingerprint density at radius 2 is 2.16 bits per heavy atom. The van der Waals surface area contributed by atoms with E-state index in [-0.39, 0.29) is 11.5 Å². The van der Waals surface area contributed by atoms with Crippen LogP contribution in [-0.2, 0) is 12.8 Å². The Labute approximate surface area is 182 Å². The maximum absolute atomic E-state index is 12.5. The highest BCUT2D eigenvalue weighted by atomic mass is 32.2. The van der Waals surface area contributed by atoms with E-state index in [0.717, 1.165) is 16.5 Å². The molecule has 1 amide bonds. The molecule has 4 aromatic rings. The molecule has 0 radical (unpaired) electrons. The number of thiazole rings is 1. The molecule has 4 rings (SSSR count). The molecule has 7 nitrogen and oxygen atoms in total. The lowest BCUT2D eigenvalue weighted by Gasteiger charge is -2.08. The van der Waals surface area contributed by atoms with Gasteiger partial charge in [-0.2, -0.15) is 13.2 Å². The third kappa shape index (κ3) is 5.39. The van der Waals surface area contributed by atoms with E-state index >= 15 is 0 Å². The van der Waals surface area contributed by atoms with Gasteiger partial charge in [0.05, 0.1) is 16.0 Å². The van der Waals surface area contributed by atoms with Crippen molar-refractivity contribution in [1.82, 2.24) is 14.5 Å². The molecular formula is C19H15F3N4O3S2. The van der Waals surface area contributed by atoms with Gasteiger partial charge in [0.2, 0.25) is 0 Å². The molecule has 0 fully saturated rings. The predicted octanol–water partition coefficient (Wildman–Crippen LogP) is 5.11. The summed E-state index contributed by atoms with van der Waals surface area (Å²) < 4.78 is 49.7. The van der Waals surface area contributed by atoms with Crippen LogP contribution < -0.4 is 10.1 Å². The molecule has 0 bridgehead atoms. The van der Waals surface area contributed by atoms with Crippen LogP contribution in [0.4, 0.5) is 18.3 Å². The minimum Gasteiger partial charge on any atom is -0.484 e. The van der Waals surface area contributed by atoms with Crippen molar-refractivity contribution < 1.29 is 27.1 Å². The Morgan fingerprint density at radius 3 is 2.90 bits per heavy atom. The second kappa shape index (κ2) is 8.63. The topological polar surface area (TPSA) is 82.2 Å². The molecule has 1 aromatic carbocycles. The summed E-state index contributed by atoms with van der Waals surface area (Å²) in [7, 11) is 1.89. The quantitative estimate of drug-likeness (QED) is 0.380. The van der Waals surface area contributed by atoms with Gasteiger partial charge in [0.1, 0.15) is 11.5 Å². The number of ether oxygens (including phenoxy) is 1. The Morgan fingerprint density at radius 1 is 1.32 bits per heavy atom. The number of carbonyl (C=O) groups is 1. The first-order valence-electron chi connectivity index (χ1n) is 8.87. The van der Waals surface area contributed by atoms with Gasteiger partial charge in [0, 0.05) is 19.4 Å². The van der Waals surface area contributed by atoms with Crippen LogP contribution in [-0.4, -0.2) is 33.2 Å². The number of hydrogen-bond donors (Lipinski definition) is 1. The van der Waals surface area contributed by atoms with Crippen LogP contribution in [0.15, 0.2) is 52.3 Å². The lowest BCUT2D eigenvalue weighted by atomic mass is 10.3. The maximum Gasteiger partial charge on any atom is 0.422 e. The van der Waals surface area contributed by atoms with E-state index in [2.05, 4.69) is 15.3 Å². The number of aryl methyl sites for hydroxylation is 1. The number of halogens is 3. The number of benzene rings is 1. The number of anilines is 1. The van der Waals surface area contributed by atoms with E-state index in [1.54, 1.807) is 18.3 Å². The normalized spacial score (nSPS) is 11.7. The third-order valence-corrected chi connectivity index (χ3v) is 6.00. The van der Waals surface area contributed by atoms with Crippen LogP contribution >= 0.6 is 23.1 Å². The third-order valence-electron chi connectivity index (χ3n) is 3.99. The molecule has 162 valence electrons. The summed E-state index contributed by atoms with van der Waals surface area (Å²) in [6.45, 7) is -1.37. The van der Waals surface area contributed by atoms with Crippen LogP contribution in [0.1, 0.15) is 16.3 Å². The zero-order valence-corrected chi connectivity index (χ0v) is 17.6. The van der Waals surface area contributed by atoms with E-state index < -0.39 is 18.7 Å². The number of carbonyl (C=O) groups excluding carboxylic acids is 1. The number of hydrogen-bond acceptors (Lipinski definition) is 7. The summed E-state index contributed by atoms with van der Waals surface area (Å²) in [5.74, 6) is 0.867. The molecule has 31 heavy (non-hydrogen) atoms. The standard InChI is InChI=1S/C19H15F3N4O3S2/c1-26-7-6-23-18(26)30-9-12-3-5-14(29-12)16(27)25-17-24-13-4-2-11(8-15(13)31-17)28-10-19(20,21)22/h2-8H,9-10H2,1H3,(H,24,25,27). The van der Waals surface area contributed by atoms with Crippen LogP contribution in [0.25, 0.3) is 10.2 Å². The number of furan rings is 1. The molecular weight excluding hydrogens is 453 g/mol. The average Bonchev–Trinajstić information content (AvgIpc) is 3.43. The van der Waals surface area contributed by atoms with Crippen molar-refractivity contribution in [3.63, 3.8) is 0 Å². The summed E-state index contributed by atoms with van der Waals surface area (Å²) in [5, 5.41) is 3.77. The van der Waals surface area contributed by atoms with Gasteiger partial charge in [-0.05, 0) is 30.3 Å². The first-order valence-corrected chi connectivity index (χ1v) is 10.7. The molecule has 1 N–H and O–H groups in total. The van der Waals surface area contributed by atoms with Gasteiger partial charge in [-0.25, -0.2) is 9.97 Å². The molecule has 0 aliphatic carbocycles. The Balaban J connectivity index is 1.39. The highest BCUT2D eigenvalue weighted by Gasteiger charge is 2.28. The van der Waals surface area contributed by atoms with Gasteiger partial charge in [0.15, 0.2) is 22.7 Å². The van der Waals surface area contributed by atoms with Gasteiger partial charge in [0.25, 0.3) is 5.91 Å². The molecule has 0 spiro atoms. The predicted molar refractivity (Wildman–Crippen MR) is 111 cm³/mol. The van der Waals surface area contributed by atoms with Gasteiger partial charge < -0.3 is 13.7 Å². The lowest BCUT2D eigenvalue weighted by molar-refractivity contribution is -0.153. The van der Waals surface area contributed by atoms with Crippen molar-refractivity contribution >= 4 is 44.4 Å². The van der Waals surface area contributed by atoms with Crippen molar-refractivity contribution in [3.8, 4) is 5.75 Å². The zero-order chi connectivity index (χ0) is 22.0. The van der Waals surface area contributed by atoms with E-state index in [4.69, 9.17) is 9.15 Å². The van der Waals surface area contributed by atoms with Crippen molar-refractivity contribution in [2.75, 3.05) is 11.9 Å². The molecule has 0 atom stereocenters. The summed E-state index contributed by atoms with van der Waals surface area (Å²) in [6, 6.07) is 7.67. The van der Waals surface area contributed by atoms with Crippen LogP contribution in [0.2, 0.25) is 0 Å². The maximum atomic E-state index is 12.5. The SMILES string of the molecule is Cn1ccnc1SCc1ccc(C(=O)Nc2nc3ccc(OCC(F)(F)F)cc3s2)o1. The van der Waals surface area contributed by atoms with E-state index in [0.29, 0.717) is 26.9 Å². The number of alkyl halides is 3.